The van der Waals surface area contributed by atoms with Crippen LogP contribution in [-0.2, 0) is 13.0 Å². The van der Waals surface area contributed by atoms with Crippen molar-refractivity contribution in [2.45, 2.75) is 51.5 Å². The molecule has 0 atom stereocenters. The van der Waals surface area contributed by atoms with E-state index in [1.165, 1.54) is 4.57 Å². The van der Waals surface area contributed by atoms with Crippen LogP contribution >= 0.6 is 0 Å². The number of halogens is 2. The van der Waals surface area contributed by atoms with Crippen molar-refractivity contribution in [3.63, 3.8) is 0 Å². The van der Waals surface area contributed by atoms with E-state index in [4.69, 9.17) is 0 Å². The summed E-state index contributed by atoms with van der Waals surface area (Å²) in [5, 5.41) is 19.3. The third kappa shape index (κ3) is 2.70. The highest BCUT2D eigenvalue weighted by molar-refractivity contribution is 5.59. The third-order valence-corrected chi connectivity index (χ3v) is 3.20. The Morgan fingerprint density at radius 1 is 1.00 bits per heavy atom. The summed E-state index contributed by atoms with van der Waals surface area (Å²) >= 11 is 0. The molecule has 1 aromatic rings. The largest absolute Gasteiger partial charge is 0.494 e. The Kier molecular flexibility index (Phi) is 3.54. The van der Waals surface area contributed by atoms with Gasteiger partial charge in [0, 0.05) is 30.5 Å². The first kappa shape index (κ1) is 12.2. The van der Waals surface area contributed by atoms with Crippen LogP contribution in [0.1, 0.15) is 43.2 Å². The van der Waals surface area contributed by atoms with Gasteiger partial charge in [-0.05, 0) is 12.8 Å². The number of hydrogen-bond donors (Lipinski definition) is 2. The van der Waals surface area contributed by atoms with E-state index in [9.17, 15) is 19.0 Å². The van der Waals surface area contributed by atoms with Crippen LogP contribution < -0.4 is 0 Å². The van der Waals surface area contributed by atoms with E-state index in [0.717, 1.165) is 30.4 Å². The summed E-state index contributed by atoms with van der Waals surface area (Å²) in [6, 6.07) is 0. The number of aromatic nitrogens is 1. The average Bonchev–Trinajstić information content (AvgIpc) is 3.01. The molecular weight excluding hydrogens is 228 g/mol. The van der Waals surface area contributed by atoms with Crippen molar-refractivity contribution < 1.29 is 19.0 Å². The molecule has 3 nitrogen and oxygen atoms in total. The van der Waals surface area contributed by atoms with Gasteiger partial charge in [-0.1, -0.05) is 12.8 Å². The van der Waals surface area contributed by atoms with Gasteiger partial charge in [0.1, 0.15) is 0 Å². The quantitative estimate of drug-likeness (QED) is 0.736. The lowest BCUT2D eigenvalue weighted by atomic mass is 10.1. The van der Waals surface area contributed by atoms with Gasteiger partial charge < -0.3 is 10.2 Å². The number of hydrogen-bond acceptors (Lipinski definition) is 2. The summed E-state index contributed by atoms with van der Waals surface area (Å²) in [4.78, 5) is 0. The van der Waals surface area contributed by atoms with E-state index in [-0.39, 0.29) is 18.2 Å². The van der Waals surface area contributed by atoms with Crippen LogP contribution in [0.4, 0.5) is 8.78 Å². The van der Waals surface area contributed by atoms with Gasteiger partial charge in [-0.15, -0.1) is 0 Å². The lowest BCUT2D eigenvalue weighted by Gasteiger charge is -2.08. The molecule has 0 saturated heterocycles. The Labute approximate surface area is 98.7 Å². The molecule has 1 aromatic heterocycles. The molecule has 0 saturated carbocycles. The minimum absolute atomic E-state index is 0.0334. The van der Waals surface area contributed by atoms with Crippen molar-refractivity contribution >= 4 is 0 Å². The van der Waals surface area contributed by atoms with Gasteiger partial charge in [-0.3, -0.25) is 4.57 Å². The standard InChI is InChI=1S/C12H17F2NO2/c13-10(14)5-3-1-2-4-6-15-11(16)8-7-9(8)12(15)17/h10,16-17H,1-7H2. The number of rotatable bonds is 7. The molecule has 2 N–H and O–H groups in total. The number of unbranched alkanes of at least 4 members (excludes halogenated alkanes) is 3. The van der Waals surface area contributed by atoms with Crippen LogP contribution in [0.5, 0.6) is 11.8 Å². The van der Waals surface area contributed by atoms with Crippen molar-refractivity contribution in [3.8, 4) is 11.8 Å². The summed E-state index contributed by atoms with van der Waals surface area (Å²) in [5.41, 5.74) is 1.69. The van der Waals surface area contributed by atoms with Crippen LogP contribution in [0.3, 0.4) is 0 Å². The van der Waals surface area contributed by atoms with Gasteiger partial charge in [0.25, 0.3) is 0 Å². The fourth-order valence-electron chi connectivity index (χ4n) is 2.12. The van der Waals surface area contributed by atoms with Crippen LogP contribution in [0.2, 0.25) is 0 Å². The maximum Gasteiger partial charge on any atom is 0.238 e. The molecular formula is C12H17F2NO2. The van der Waals surface area contributed by atoms with Gasteiger partial charge in [0.05, 0.1) is 0 Å². The summed E-state index contributed by atoms with van der Waals surface area (Å²) < 4.78 is 25.2. The first-order chi connectivity index (χ1) is 8.11. The molecule has 0 unspecified atom stereocenters. The smallest absolute Gasteiger partial charge is 0.238 e. The van der Waals surface area contributed by atoms with Gasteiger partial charge in [0.2, 0.25) is 6.43 Å². The predicted octanol–water partition coefficient (Wildman–Crippen LogP) is 3.02. The molecule has 5 heteroatoms. The second kappa shape index (κ2) is 4.94. The number of fused-ring (bicyclic) bond motifs is 1. The summed E-state index contributed by atoms with van der Waals surface area (Å²) in [6.45, 7) is 0.555. The van der Waals surface area contributed by atoms with E-state index < -0.39 is 6.43 Å². The molecule has 17 heavy (non-hydrogen) atoms. The van der Waals surface area contributed by atoms with Crippen LogP contribution in [0.15, 0.2) is 0 Å². The van der Waals surface area contributed by atoms with Gasteiger partial charge >= 0.3 is 0 Å². The zero-order valence-electron chi connectivity index (χ0n) is 9.62. The highest BCUT2D eigenvalue weighted by Gasteiger charge is 2.32. The minimum Gasteiger partial charge on any atom is -0.494 e. The molecule has 0 aromatic carbocycles. The van der Waals surface area contributed by atoms with Crippen molar-refractivity contribution in [3.05, 3.63) is 11.1 Å². The van der Waals surface area contributed by atoms with E-state index in [2.05, 4.69) is 0 Å². The predicted molar refractivity (Wildman–Crippen MR) is 59.7 cm³/mol. The Balaban J connectivity index is 1.66. The number of nitrogens with zero attached hydrogens (tertiary/aromatic N) is 1. The monoisotopic (exact) mass is 245 g/mol. The van der Waals surface area contributed by atoms with Crippen molar-refractivity contribution in [2.24, 2.45) is 0 Å². The molecule has 1 heterocycles. The number of alkyl halides is 2. The summed E-state index contributed by atoms with van der Waals surface area (Å²) in [6.07, 6.45) is 1.40. The van der Waals surface area contributed by atoms with Gasteiger partial charge in [-0.25, -0.2) is 8.78 Å². The van der Waals surface area contributed by atoms with Crippen LogP contribution in [0, 0.1) is 0 Å². The molecule has 1 aliphatic carbocycles. The van der Waals surface area contributed by atoms with Crippen molar-refractivity contribution in [1.29, 1.82) is 0 Å². The second-order valence-corrected chi connectivity index (χ2v) is 4.53. The maximum absolute atomic E-state index is 11.9. The van der Waals surface area contributed by atoms with E-state index in [0.29, 0.717) is 19.4 Å². The normalized spacial score (nSPS) is 13.1. The van der Waals surface area contributed by atoms with E-state index in [1.807, 2.05) is 0 Å². The zero-order valence-corrected chi connectivity index (χ0v) is 9.62. The molecule has 0 amide bonds. The molecule has 0 aliphatic heterocycles. The Bertz CT molecular complexity index is 376. The van der Waals surface area contributed by atoms with Crippen molar-refractivity contribution in [2.75, 3.05) is 0 Å². The topological polar surface area (TPSA) is 45.4 Å². The maximum atomic E-state index is 11.9. The average molecular weight is 245 g/mol. The molecule has 2 rings (SSSR count). The van der Waals surface area contributed by atoms with Gasteiger partial charge in [0.15, 0.2) is 11.8 Å². The fraction of sp³-hybridized carbons (Fsp3) is 0.667. The fourth-order valence-corrected chi connectivity index (χ4v) is 2.12. The molecule has 0 fully saturated rings. The summed E-state index contributed by atoms with van der Waals surface area (Å²) in [7, 11) is 0. The first-order valence-electron chi connectivity index (χ1n) is 6.01. The molecule has 0 bridgehead atoms. The highest BCUT2D eigenvalue weighted by atomic mass is 19.3. The van der Waals surface area contributed by atoms with Crippen LogP contribution in [0.25, 0.3) is 0 Å². The first-order valence-corrected chi connectivity index (χ1v) is 6.01. The molecule has 0 radical (unpaired) electrons. The van der Waals surface area contributed by atoms with Crippen molar-refractivity contribution in [1.82, 2.24) is 4.57 Å². The Hall–Kier alpha value is -1.26. The molecule has 0 spiro atoms. The molecule has 96 valence electrons. The second-order valence-electron chi connectivity index (χ2n) is 4.53. The third-order valence-electron chi connectivity index (χ3n) is 3.20. The zero-order chi connectivity index (χ0) is 12.4. The van der Waals surface area contributed by atoms with Gasteiger partial charge in [-0.2, -0.15) is 0 Å². The molecule has 1 aliphatic rings. The summed E-state index contributed by atoms with van der Waals surface area (Å²) in [5.74, 6) is 0.343. The SMILES string of the molecule is Oc1c2c(c(O)n1CCCCCCC(F)F)C2. The van der Waals surface area contributed by atoms with Crippen LogP contribution in [-0.4, -0.2) is 21.2 Å². The lowest BCUT2D eigenvalue weighted by Crippen LogP contribution is -1.98. The highest BCUT2D eigenvalue weighted by Crippen LogP contribution is 2.46. The lowest BCUT2D eigenvalue weighted by molar-refractivity contribution is 0.133. The Morgan fingerprint density at radius 2 is 1.59 bits per heavy atom. The van der Waals surface area contributed by atoms with E-state index in [1.54, 1.807) is 0 Å². The van der Waals surface area contributed by atoms with E-state index >= 15 is 0 Å². The Morgan fingerprint density at radius 3 is 2.18 bits per heavy atom. The minimum atomic E-state index is -2.21. The number of aromatic hydroxyl groups is 2.